The minimum absolute atomic E-state index is 0.0242. The number of aromatic amines is 1. The zero-order valence-electron chi connectivity index (χ0n) is 23.9. The molecular formula is C30H35N9O3S. The Labute approximate surface area is 253 Å². The number of H-pyrrole nitrogens is 1. The average Bonchev–Trinajstić information content (AvgIpc) is 3.79. The van der Waals surface area contributed by atoms with Crippen LogP contribution in [0.3, 0.4) is 0 Å². The lowest BCUT2D eigenvalue weighted by Crippen LogP contribution is -2.51. The summed E-state index contributed by atoms with van der Waals surface area (Å²) in [5.74, 6) is 1.75. The molecule has 4 aromatic rings. The van der Waals surface area contributed by atoms with Crippen molar-refractivity contribution in [3.8, 4) is 11.4 Å². The molecule has 13 heteroatoms. The van der Waals surface area contributed by atoms with Gasteiger partial charge in [0.25, 0.3) is 5.91 Å². The van der Waals surface area contributed by atoms with Gasteiger partial charge in [-0.25, -0.2) is 9.97 Å². The molecule has 3 aliphatic heterocycles. The third-order valence-corrected chi connectivity index (χ3v) is 9.47. The van der Waals surface area contributed by atoms with Crippen LogP contribution in [-0.4, -0.2) is 120 Å². The number of anilines is 2. The molecule has 0 radical (unpaired) electrons. The summed E-state index contributed by atoms with van der Waals surface area (Å²) in [5.41, 5.74) is 2.13. The molecule has 3 aromatic heterocycles. The Hall–Kier alpha value is -4.07. The maximum atomic E-state index is 13.1. The number of morpholine rings is 1. The summed E-state index contributed by atoms with van der Waals surface area (Å²) in [4.78, 5) is 45.0. The van der Waals surface area contributed by atoms with E-state index in [2.05, 4.69) is 52.3 Å². The van der Waals surface area contributed by atoms with E-state index < -0.39 is 0 Å². The number of hydrogen-bond acceptors (Lipinski definition) is 10. The molecule has 0 aliphatic carbocycles. The first-order valence-corrected chi connectivity index (χ1v) is 15.7. The normalized spacial score (nSPS) is 19.7. The average molecular weight is 602 g/mol. The second-order valence-corrected chi connectivity index (χ2v) is 12.2. The van der Waals surface area contributed by atoms with Crippen molar-refractivity contribution in [3.05, 3.63) is 53.7 Å². The van der Waals surface area contributed by atoms with Gasteiger partial charge in [-0.2, -0.15) is 5.10 Å². The van der Waals surface area contributed by atoms with Gasteiger partial charge in [-0.1, -0.05) is 0 Å². The van der Waals surface area contributed by atoms with Crippen LogP contribution < -0.4 is 15.1 Å². The van der Waals surface area contributed by atoms with Crippen molar-refractivity contribution in [1.29, 1.82) is 0 Å². The molecule has 6 heterocycles. The van der Waals surface area contributed by atoms with Gasteiger partial charge < -0.3 is 24.8 Å². The van der Waals surface area contributed by atoms with Crippen LogP contribution in [0, 0.1) is 0 Å². The van der Waals surface area contributed by atoms with Crippen molar-refractivity contribution < 1.29 is 14.3 Å². The molecule has 3 fully saturated rings. The molecule has 2 N–H and O–H groups in total. The van der Waals surface area contributed by atoms with Gasteiger partial charge in [-0.3, -0.25) is 19.6 Å². The highest BCUT2D eigenvalue weighted by molar-refractivity contribution is 7.20. The molecule has 7 rings (SSSR count). The zero-order chi connectivity index (χ0) is 29.2. The Morgan fingerprint density at radius 1 is 0.977 bits per heavy atom. The van der Waals surface area contributed by atoms with Crippen molar-refractivity contribution >= 4 is 44.9 Å². The fourth-order valence-corrected chi connectivity index (χ4v) is 6.96. The number of nitrogens with zero attached hydrogens (tertiary/aromatic N) is 7. The van der Waals surface area contributed by atoms with Gasteiger partial charge in [0, 0.05) is 82.0 Å². The van der Waals surface area contributed by atoms with E-state index in [-0.39, 0.29) is 17.9 Å². The lowest BCUT2D eigenvalue weighted by Gasteiger charge is -2.36. The van der Waals surface area contributed by atoms with E-state index in [0.717, 1.165) is 66.4 Å². The van der Waals surface area contributed by atoms with Crippen LogP contribution in [0.5, 0.6) is 0 Å². The van der Waals surface area contributed by atoms with Crippen molar-refractivity contribution in [2.45, 2.75) is 12.5 Å². The minimum atomic E-state index is -0.0745. The monoisotopic (exact) mass is 601 g/mol. The van der Waals surface area contributed by atoms with Gasteiger partial charge in [0.15, 0.2) is 5.82 Å². The summed E-state index contributed by atoms with van der Waals surface area (Å²) in [6.07, 6.45) is 4.32. The number of nitrogens with one attached hydrogen (secondary N) is 2. The van der Waals surface area contributed by atoms with Gasteiger partial charge in [0.1, 0.15) is 10.6 Å². The molecule has 3 aliphatic rings. The summed E-state index contributed by atoms with van der Waals surface area (Å²) >= 11 is 1.41. The van der Waals surface area contributed by atoms with E-state index in [1.807, 2.05) is 29.2 Å². The molecule has 12 nitrogen and oxygen atoms in total. The lowest BCUT2D eigenvalue weighted by molar-refractivity contribution is -0.132. The molecule has 43 heavy (non-hydrogen) atoms. The van der Waals surface area contributed by atoms with E-state index in [4.69, 9.17) is 4.74 Å². The number of thiophene rings is 1. The molecule has 224 valence electrons. The molecule has 1 atom stereocenters. The Bertz CT molecular complexity index is 1560. The second kappa shape index (κ2) is 12.3. The van der Waals surface area contributed by atoms with E-state index >= 15 is 0 Å². The summed E-state index contributed by atoms with van der Waals surface area (Å²) < 4.78 is 5.46. The third-order valence-electron chi connectivity index (χ3n) is 8.44. The van der Waals surface area contributed by atoms with Crippen molar-refractivity contribution in [3.63, 3.8) is 0 Å². The third kappa shape index (κ3) is 6.05. The molecule has 0 spiro atoms. The smallest absolute Gasteiger partial charge is 0.261 e. The number of carbonyl (C=O) groups excluding carboxylic acids is 2. The summed E-state index contributed by atoms with van der Waals surface area (Å²) in [6, 6.07) is 12.1. The lowest BCUT2D eigenvalue weighted by atomic mass is 10.1. The minimum Gasteiger partial charge on any atom is -0.378 e. The number of piperazine rings is 1. The summed E-state index contributed by atoms with van der Waals surface area (Å²) in [5, 5.41) is 11.7. The Morgan fingerprint density at radius 2 is 1.74 bits per heavy atom. The van der Waals surface area contributed by atoms with Crippen LogP contribution >= 0.6 is 11.3 Å². The van der Waals surface area contributed by atoms with Crippen LogP contribution in [-0.2, 0) is 9.53 Å². The number of rotatable bonds is 7. The predicted molar refractivity (Wildman–Crippen MR) is 166 cm³/mol. The molecule has 2 amide bonds. The van der Waals surface area contributed by atoms with E-state index in [0.29, 0.717) is 50.1 Å². The highest BCUT2D eigenvalue weighted by Crippen LogP contribution is 2.32. The second-order valence-electron chi connectivity index (χ2n) is 11.2. The van der Waals surface area contributed by atoms with E-state index in [1.165, 1.54) is 11.3 Å². The van der Waals surface area contributed by atoms with Crippen molar-refractivity contribution in [2.24, 2.45) is 0 Å². The first kappa shape index (κ1) is 27.7. The number of carbonyl (C=O) groups is 2. The van der Waals surface area contributed by atoms with Crippen LogP contribution in [0.25, 0.3) is 21.6 Å². The maximum absolute atomic E-state index is 13.1. The molecule has 0 bridgehead atoms. The molecule has 0 saturated carbocycles. The van der Waals surface area contributed by atoms with E-state index in [9.17, 15) is 9.59 Å². The van der Waals surface area contributed by atoms with Crippen molar-refractivity contribution in [2.75, 3.05) is 81.9 Å². The van der Waals surface area contributed by atoms with E-state index in [1.54, 1.807) is 12.4 Å². The van der Waals surface area contributed by atoms with Crippen molar-refractivity contribution in [1.82, 2.24) is 35.3 Å². The number of hydrogen-bond donors (Lipinski definition) is 2. The number of benzene rings is 1. The largest absolute Gasteiger partial charge is 0.378 e. The van der Waals surface area contributed by atoms with Gasteiger partial charge in [0.2, 0.25) is 5.91 Å². The highest BCUT2D eigenvalue weighted by Gasteiger charge is 2.29. The molecule has 1 unspecified atom stereocenters. The van der Waals surface area contributed by atoms with Crippen LogP contribution in [0.4, 0.5) is 11.5 Å². The van der Waals surface area contributed by atoms with Crippen LogP contribution in [0.2, 0.25) is 0 Å². The summed E-state index contributed by atoms with van der Waals surface area (Å²) in [7, 11) is 0. The first-order chi connectivity index (χ1) is 21.1. The number of aromatic nitrogens is 4. The number of likely N-dealkylation sites (tertiary alicyclic amines) is 1. The van der Waals surface area contributed by atoms with Gasteiger partial charge >= 0.3 is 0 Å². The fourth-order valence-electron chi connectivity index (χ4n) is 6.06. The zero-order valence-corrected chi connectivity index (χ0v) is 24.8. The topological polar surface area (TPSA) is 123 Å². The highest BCUT2D eigenvalue weighted by atomic mass is 32.1. The number of ether oxygens (including phenoxy) is 1. The quantitative estimate of drug-likeness (QED) is 0.328. The first-order valence-electron chi connectivity index (χ1n) is 14.8. The number of amides is 2. The van der Waals surface area contributed by atoms with Crippen LogP contribution in [0.1, 0.15) is 16.1 Å². The van der Waals surface area contributed by atoms with Gasteiger partial charge in [-0.15, -0.1) is 11.3 Å². The SMILES string of the molecule is O=C(NC1CCN(CC(=O)N2CCN(c3ccc(-c4ncccn4)cc3)CC2)C1)c1cc2c(N3CCOCC3)[nH]nc2s1. The standard InChI is InChI=1S/C30H35N9O3S/c40-26(38-12-10-37(11-13-38)23-4-2-21(3-5-23)27-31-7-1-8-32-27)20-36-9-6-22(19-36)33-29(41)25-18-24-28(34-35-30(24)43-25)39-14-16-42-17-15-39/h1-5,7-8,18,22H,6,9-17,19-20H2,(H,33,41)(H,34,35). The van der Waals surface area contributed by atoms with Gasteiger partial charge in [0.05, 0.1) is 30.0 Å². The Morgan fingerprint density at radius 3 is 2.51 bits per heavy atom. The Kier molecular flexibility index (Phi) is 7.92. The molecule has 3 saturated heterocycles. The maximum Gasteiger partial charge on any atom is 0.261 e. The summed E-state index contributed by atoms with van der Waals surface area (Å²) in [6.45, 7) is 7.83. The molecule has 1 aromatic carbocycles. The van der Waals surface area contributed by atoms with Gasteiger partial charge in [-0.05, 0) is 42.8 Å². The Balaban J connectivity index is 0.874. The predicted octanol–water partition coefficient (Wildman–Crippen LogP) is 2.07. The van der Waals surface area contributed by atoms with Crippen LogP contribution in [0.15, 0.2) is 48.8 Å². The number of fused-ring (bicyclic) bond motifs is 1. The molecular weight excluding hydrogens is 566 g/mol. The fraction of sp³-hybridized carbons (Fsp3) is 0.433.